The smallest absolute Gasteiger partial charge is 0.450 e. The van der Waals surface area contributed by atoms with Crippen LogP contribution in [0.5, 0.6) is 0 Å². The maximum Gasteiger partial charge on any atom is 0.508 e. The van der Waals surface area contributed by atoms with E-state index in [1.807, 2.05) is 4.90 Å². The molecule has 1 atom stereocenters. The average molecular weight is 378 g/mol. The van der Waals surface area contributed by atoms with Crippen LogP contribution in [-0.2, 0) is 9.47 Å². The minimum atomic E-state index is -1.65. The van der Waals surface area contributed by atoms with E-state index in [2.05, 4.69) is 4.74 Å². The van der Waals surface area contributed by atoms with Gasteiger partial charge in [0, 0.05) is 43.7 Å². The highest BCUT2D eigenvalue weighted by molar-refractivity contribution is 5.96. The molecular weight excluding hydrogens is 356 g/mol. The molecule has 2 aliphatic heterocycles. The highest BCUT2D eigenvalue weighted by Gasteiger charge is 2.39. The number of ether oxygens (including phenoxy) is 2. The van der Waals surface area contributed by atoms with Gasteiger partial charge >= 0.3 is 12.2 Å². The van der Waals surface area contributed by atoms with Crippen LogP contribution >= 0.6 is 0 Å². The molecule has 27 heavy (non-hydrogen) atoms. The van der Waals surface area contributed by atoms with Crippen molar-refractivity contribution in [3.63, 3.8) is 0 Å². The van der Waals surface area contributed by atoms with Gasteiger partial charge in [0.25, 0.3) is 0 Å². The zero-order valence-electron chi connectivity index (χ0n) is 14.6. The fourth-order valence-corrected chi connectivity index (χ4v) is 3.29. The Hall–Kier alpha value is -2.85. The summed E-state index contributed by atoms with van der Waals surface area (Å²) in [7, 11) is 0. The Labute approximate surface area is 155 Å². The maximum atomic E-state index is 12.2. The number of amides is 1. The minimum Gasteiger partial charge on any atom is -0.450 e. The van der Waals surface area contributed by atoms with Crippen molar-refractivity contribution < 1.29 is 29.3 Å². The molecule has 1 aromatic rings. The van der Waals surface area contributed by atoms with Gasteiger partial charge in [-0.25, -0.2) is 9.59 Å². The molecule has 1 amide bonds. The number of cyclic esters (lactones) is 1. The molecule has 1 unspecified atom stereocenters. The van der Waals surface area contributed by atoms with Crippen molar-refractivity contribution in [2.75, 3.05) is 31.1 Å². The van der Waals surface area contributed by atoms with E-state index in [9.17, 15) is 14.7 Å². The van der Waals surface area contributed by atoms with Crippen molar-refractivity contribution in [2.45, 2.75) is 24.7 Å². The first-order chi connectivity index (χ1) is 12.8. The maximum absolute atomic E-state index is 12.2. The summed E-state index contributed by atoms with van der Waals surface area (Å²) in [5.74, 6) is -1.69. The van der Waals surface area contributed by atoms with E-state index in [0.29, 0.717) is 37.4 Å². The van der Waals surface area contributed by atoms with Crippen LogP contribution in [0.4, 0.5) is 15.3 Å². The summed E-state index contributed by atoms with van der Waals surface area (Å²) in [6.07, 6.45) is -1.95. The van der Waals surface area contributed by atoms with Crippen molar-refractivity contribution in [1.29, 1.82) is 5.41 Å². The second-order valence-electron chi connectivity index (χ2n) is 6.69. The van der Waals surface area contributed by atoms with E-state index in [4.69, 9.17) is 21.0 Å². The number of nitrogens with one attached hydrogen (secondary N) is 1. The Morgan fingerprint density at radius 2 is 1.96 bits per heavy atom. The van der Waals surface area contributed by atoms with Gasteiger partial charge < -0.3 is 25.4 Å². The number of nitrogens with zero attached hydrogens (tertiary/aromatic N) is 2. The van der Waals surface area contributed by atoms with Crippen molar-refractivity contribution >= 4 is 23.8 Å². The number of carbonyl (C=O) groups excluding carboxylic acids is 1. The third-order valence-corrected chi connectivity index (χ3v) is 4.74. The lowest BCUT2D eigenvalue weighted by molar-refractivity contribution is -0.198. The molecule has 10 heteroatoms. The van der Waals surface area contributed by atoms with Gasteiger partial charge in [0.2, 0.25) is 5.79 Å². The molecule has 3 rings (SSSR count). The van der Waals surface area contributed by atoms with Crippen molar-refractivity contribution in [3.8, 4) is 0 Å². The lowest BCUT2D eigenvalue weighted by Crippen LogP contribution is -2.49. The van der Waals surface area contributed by atoms with Gasteiger partial charge in [-0.15, -0.1) is 0 Å². The SMILES string of the molecule is N=C(N)c1ccc(N2CC(CN3CCC(O)(OC(=O)O)CC3)OC2=O)cc1. The number of rotatable bonds is 5. The summed E-state index contributed by atoms with van der Waals surface area (Å²) >= 11 is 0. The Bertz CT molecular complexity index is 729. The number of nitrogens with two attached hydrogens (primary N) is 1. The van der Waals surface area contributed by atoms with E-state index < -0.39 is 18.0 Å². The van der Waals surface area contributed by atoms with Crippen LogP contribution < -0.4 is 10.6 Å². The fourth-order valence-electron chi connectivity index (χ4n) is 3.29. The van der Waals surface area contributed by atoms with Crippen LogP contribution in [0, 0.1) is 5.41 Å². The van der Waals surface area contributed by atoms with Crippen LogP contribution in [0.2, 0.25) is 0 Å². The third kappa shape index (κ3) is 4.47. The number of likely N-dealkylation sites (tertiary alicyclic amines) is 1. The summed E-state index contributed by atoms with van der Waals surface area (Å²) in [6.45, 7) is 1.73. The lowest BCUT2D eigenvalue weighted by atomic mass is 10.0. The molecule has 2 heterocycles. The molecule has 0 aromatic heterocycles. The number of hydrogen-bond donors (Lipinski definition) is 4. The van der Waals surface area contributed by atoms with Gasteiger partial charge in [-0.2, -0.15) is 0 Å². The Morgan fingerprint density at radius 3 is 2.52 bits per heavy atom. The third-order valence-electron chi connectivity index (χ3n) is 4.74. The van der Waals surface area contributed by atoms with Gasteiger partial charge in [0.1, 0.15) is 11.9 Å². The molecule has 2 aliphatic rings. The molecule has 0 aliphatic carbocycles. The Morgan fingerprint density at radius 1 is 1.33 bits per heavy atom. The quantitative estimate of drug-likeness (QED) is 0.254. The molecule has 146 valence electrons. The zero-order chi connectivity index (χ0) is 19.6. The van der Waals surface area contributed by atoms with Crippen LogP contribution in [-0.4, -0.2) is 71.3 Å². The van der Waals surface area contributed by atoms with Crippen LogP contribution in [0.25, 0.3) is 0 Å². The van der Waals surface area contributed by atoms with Crippen LogP contribution in [0.1, 0.15) is 18.4 Å². The highest BCUT2D eigenvalue weighted by atomic mass is 16.7. The summed E-state index contributed by atoms with van der Waals surface area (Å²) in [5, 5.41) is 26.1. The Kier molecular flexibility index (Phi) is 5.19. The van der Waals surface area contributed by atoms with Crippen molar-refractivity contribution in [1.82, 2.24) is 4.90 Å². The lowest BCUT2D eigenvalue weighted by Gasteiger charge is -2.37. The number of amidine groups is 1. The number of carbonyl (C=O) groups is 2. The number of benzene rings is 1. The first-order valence-electron chi connectivity index (χ1n) is 8.55. The number of piperidine rings is 1. The number of hydrogen-bond acceptors (Lipinski definition) is 7. The average Bonchev–Trinajstić information content (AvgIpc) is 2.97. The molecule has 0 radical (unpaired) electrons. The standard InChI is InChI=1S/C17H22N4O6/c18-14(19)11-1-3-12(4-2-11)21-10-13(26-15(21)22)9-20-7-5-17(25,6-8-20)27-16(23)24/h1-4,13,25H,5-10H2,(H3,18,19)(H,23,24). The first kappa shape index (κ1) is 18.9. The summed E-state index contributed by atoms with van der Waals surface area (Å²) in [5.41, 5.74) is 6.67. The highest BCUT2D eigenvalue weighted by Crippen LogP contribution is 2.26. The monoisotopic (exact) mass is 378 g/mol. The predicted molar refractivity (Wildman–Crippen MR) is 94.8 cm³/mol. The molecule has 2 fully saturated rings. The number of aliphatic hydroxyl groups is 1. The summed E-state index contributed by atoms with van der Waals surface area (Å²) in [6, 6.07) is 6.77. The number of carboxylic acid groups (broad SMARTS) is 1. The molecule has 10 nitrogen and oxygen atoms in total. The first-order valence-corrected chi connectivity index (χ1v) is 8.55. The van der Waals surface area contributed by atoms with E-state index in [-0.39, 0.29) is 24.8 Å². The summed E-state index contributed by atoms with van der Waals surface area (Å²) < 4.78 is 9.96. The predicted octanol–water partition coefficient (Wildman–Crippen LogP) is 0.775. The fraction of sp³-hybridized carbons (Fsp3) is 0.471. The number of anilines is 1. The second kappa shape index (κ2) is 7.41. The molecule has 5 N–H and O–H groups in total. The topological polar surface area (TPSA) is 149 Å². The molecule has 0 saturated carbocycles. The molecule has 2 saturated heterocycles. The normalized spacial score (nSPS) is 22.3. The van der Waals surface area contributed by atoms with Gasteiger partial charge in [0.05, 0.1) is 6.54 Å². The van der Waals surface area contributed by atoms with E-state index in [1.54, 1.807) is 24.3 Å². The van der Waals surface area contributed by atoms with Crippen molar-refractivity contribution in [2.24, 2.45) is 5.73 Å². The minimum absolute atomic E-state index is 0.0413. The molecule has 0 spiro atoms. The summed E-state index contributed by atoms with van der Waals surface area (Å²) in [4.78, 5) is 26.3. The van der Waals surface area contributed by atoms with Gasteiger partial charge in [0.15, 0.2) is 0 Å². The molecule has 0 bridgehead atoms. The van der Waals surface area contributed by atoms with E-state index in [1.165, 1.54) is 4.90 Å². The number of nitrogen functional groups attached to an aromatic ring is 1. The van der Waals surface area contributed by atoms with Crippen LogP contribution in [0.3, 0.4) is 0 Å². The van der Waals surface area contributed by atoms with Crippen molar-refractivity contribution in [3.05, 3.63) is 29.8 Å². The molecular formula is C17H22N4O6. The zero-order valence-corrected chi connectivity index (χ0v) is 14.6. The largest absolute Gasteiger partial charge is 0.508 e. The van der Waals surface area contributed by atoms with E-state index in [0.717, 1.165) is 0 Å². The van der Waals surface area contributed by atoms with Gasteiger partial charge in [-0.1, -0.05) is 0 Å². The van der Waals surface area contributed by atoms with E-state index >= 15 is 0 Å². The van der Waals surface area contributed by atoms with Crippen LogP contribution in [0.15, 0.2) is 24.3 Å². The van der Waals surface area contributed by atoms with Gasteiger partial charge in [-0.05, 0) is 24.3 Å². The second-order valence-corrected chi connectivity index (χ2v) is 6.69. The van der Waals surface area contributed by atoms with Gasteiger partial charge in [-0.3, -0.25) is 15.2 Å². The Balaban J connectivity index is 1.54. The molecule has 1 aromatic carbocycles.